The Morgan fingerprint density at radius 3 is 3.21 bits per heavy atom. The molecule has 2 rings (SSSR count). The first-order valence-electron chi connectivity index (χ1n) is 4.77. The smallest absolute Gasteiger partial charge is 0.0895 e. The molecule has 14 heavy (non-hydrogen) atoms. The molecule has 1 aliphatic rings. The van der Waals surface area contributed by atoms with Crippen molar-refractivity contribution in [3.63, 3.8) is 0 Å². The summed E-state index contributed by atoms with van der Waals surface area (Å²) in [4.78, 5) is 0. The maximum atomic E-state index is 5.91. The van der Waals surface area contributed by atoms with Crippen molar-refractivity contribution in [3.8, 4) is 0 Å². The molecule has 0 amide bonds. The van der Waals surface area contributed by atoms with Crippen molar-refractivity contribution < 1.29 is 4.74 Å². The van der Waals surface area contributed by atoms with Crippen molar-refractivity contribution in [1.29, 1.82) is 0 Å². The van der Waals surface area contributed by atoms with Gasteiger partial charge in [0.15, 0.2) is 0 Å². The Morgan fingerprint density at radius 2 is 2.64 bits per heavy atom. The second kappa shape index (κ2) is 4.29. The first-order valence-corrected chi connectivity index (χ1v) is 5.15. The van der Waals surface area contributed by atoms with Crippen LogP contribution in [0.3, 0.4) is 0 Å². The molecule has 1 unspecified atom stereocenters. The summed E-state index contributed by atoms with van der Waals surface area (Å²) < 4.78 is 7.47. The normalized spacial score (nSPS) is 22.6. The number of nitrogens with zero attached hydrogens (tertiary/aromatic N) is 2. The van der Waals surface area contributed by atoms with Crippen LogP contribution in [0.15, 0.2) is 6.20 Å². The molecule has 1 aliphatic heterocycles. The largest absolute Gasteiger partial charge is 0.374 e. The minimum Gasteiger partial charge on any atom is -0.374 e. The van der Waals surface area contributed by atoms with Crippen LogP contribution in [0.1, 0.15) is 5.69 Å². The highest BCUT2D eigenvalue weighted by atomic mass is 35.5. The van der Waals surface area contributed by atoms with E-state index in [-0.39, 0.29) is 6.10 Å². The van der Waals surface area contributed by atoms with Gasteiger partial charge in [0.05, 0.1) is 36.2 Å². The lowest BCUT2D eigenvalue weighted by atomic mass is 10.3. The fourth-order valence-corrected chi connectivity index (χ4v) is 1.68. The lowest BCUT2D eigenvalue weighted by Gasteiger charge is -2.23. The van der Waals surface area contributed by atoms with Gasteiger partial charge in [-0.3, -0.25) is 4.68 Å². The van der Waals surface area contributed by atoms with E-state index in [2.05, 4.69) is 10.4 Å². The predicted molar refractivity (Wildman–Crippen MR) is 54.6 cm³/mol. The van der Waals surface area contributed by atoms with E-state index in [1.54, 1.807) is 6.20 Å². The summed E-state index contributed by atoms with van der Waals surface area (Å²) in [5, 5.41) is 8.19. The summed E-state index contributed by atoms with van der Waals surface area (Å²) in [5.41, 5.74) is 1.00. The Hall–Kier alpha value is -0.580. The van der Waals surface area contributed by atoms with Gasteiger partial charge in [-0.25, -0.2) is 0 Å². The number of halogens is 1. The van der Waals surface area contributed by atoms with E-state index < -0.39 is 0 Å². The van der Waals surface area contributed by atoms with Crippen molar-refractivity contribution in [1.82, 2.24) is 15.1 Å². The number of nitrogens with one attached hydrogen (secondary N) is 1. The minimum atomic E-state index is 0.207. The van der Waals surface area contributed by atoms with Crippen LogP contribution in [0.5, 0.6) is 0 Å². The van der Waals surface area contributed by atoms with Gasteiger partial charge in [-0.2, -0.15) is 5.10 Å². The Bertz CT molecular complexity index is 307. The highest BCUT2D eigenvalue weighted by molar-refractivity contribution is 6.31. The van der Waals surface area contributed by atoms with E-state index in [0.717, 1.165) is 31.9 Å². The lowest BCUT2D eigenvalue weighted by Crippen LogP contribution is -2.41. The van der Waals surface area contributed by atoms with E-state index in [1.807, 2.05) is 11.6 Å². The maximum absolute atomic E-state index is 5.91. The lowest BCUT2D eigenvalue weighted by molar-refractivity contribution is 0.0158. The molecule has 0 spiro atoms. The molecule has 78 valence electrons. The summed E-state index contributed by atoms with van der Waals surface area (Å²) in [6.45, 7) is 5.34. The molecule has 1 saturated heterocycles. The van der Waals surface area contributed by atoms with Gasteiger partial charge in [-0.1, -0.05) is 11.6 Å². The van der Waals surface area contributed by atoms with Crippen LogP contribution in [0, 0.1) is 6.92 Å². The van der Waals surface area contributed by atoms with Crippen molar-refractivity contribution in [2.24, 2.45) is 0 Å². The van der Waals surface area contributed by atoms with Crippen molar-refractivity contribution >= 4 is 11.6 Å². The fraction of sp³-hybridized carbons (Fsp3) is 0.667. The third-order valence-electron chi connectivity index (χ3n) is 2.42. The molecule has 0 radical (unpaired) electrons. The zero-order valence-electron chi connectivity index (χ0n) is 8.16. The number of ether oxygens (including phenoxy) is 1. The molecular weight excluding hydrogens is 202 g/mol. The molecule has 4 nitrogen and oxygen atoms in total. The molecule has 5 heteroatoms. The average molecular weight is 216 g/mol. The molecule has 2 heterocycles. The number of hydrogen-bond acceptors (Lipinski definition) is 3. The van der Waals surface area contributed by atoms with Crippen LogP contribution < -0.4 is 5.32 Å². The first kappa shape index (κ1) is 9.96. The van der Waals surface area contributed by atoms with Gasteiger partial charge in [0, 0.05) is 13.1 Å². The van der Waals surface area contributed by atoms with Gasteiger partial charge in [0.1, 0.15) is 0 Å². The van der Waals surface area contributed by atoms with E-state index >= 15 is 0 Å². The maximum Gasteiger partial charge on any atom is 0.0895 e. The van der Waals surface area contributed by atoms with Crippen molar-refractivity contribution in [2.45, 2.75) is 19.6 Å². The topological polar surface area (TPSA) is 39.1 Å². The highest BCUT2D eigenvalue weighted by Gasteiger charge is 2.15. The van der Waals surface area contributed by atoms with Crippen molar-refractivity contribution in [3.05, 3.63) is 16.9 Å². The van der Waals surface area contributed by atoms with E-state index in [1.165, 1.54) is 0 Å². The zero-order valence-corrected chi connectivity index (χ0v) is 8.92. The quantitative estimate of drug-likeness (QED) is 0.795. The standard InChI is InChI=1S/C9H14ClN3O/c1-7-9(10)5-12-13(7)6-8-4-11-2-3-14-8/h5,8,11H,2-4,6H2,1H3. The first-order chi connectivity index (χ1) is 6.77. The van der Waals surface area contributed by atoms with Crippen LogP contribution in [0.2, 0.25) is 5.02 Å². The number of morpholine rings is 1. The number of hydrogen-bond donors (Lipinski definition) is 1. The zero-order chi connectivity index (χ0) is 9.97. The molecule has 1 fully saturated rings. The van der Waals surface area contributed by atoms with Gasteiger partial charge in [0.25, 0.3) is 0 Å². The molecule has 0 aromatic carbocycles. The monoisotopic (exact) mass is 215 g/mol. The third-order valence-corrected chi connectivity index (χ3v) is 2.80. The summed E-state index contributed by atoms with van der Waals surface area (Å²) in [6.07, 6.45) is 1.88. The molecule has 0 saturated carbocycles. The second-order valence-electron chi connectivity index (χ2n) is 3.46. The Labute approximate surface area is 88.2 Å². The summed E-state index contributed by atoms with van der Waals surface area (Å²) in [6, 6.07) is 0. The van der Waals surface area contributed by atoms with Crippen LogP contribution in [-0.2, 0) is 11.3 Å². The summed E-state index contributed by atoms with van der Waals surface area (Å²) in [5.74, 6) is 0. The van der Waals surface area contributed by atoms with E-state index in [9.17, 15) is 0 Å². The summed E-state index contributed by atoms with van der Waals surface area (Å²) >= 11 is 5.91. The van der Waals surface area contributed by atoms with Crippen molar-refractivity contribution in [2.75, 3.05) is 19.7 Å². The third kappa shape index (κ3) is 2.08. The predicted octanol–water partition coefficient (Wildman–Crippen LogP) is 0.833. The van der Waals surface area contributed by atoms with Gasteiger partial charge >= 0.3 is 0 Å². The molecule has 1 N–H and O–H groups in total. The molecule has 0 bridgehead atoms. The minimum absolute atomic E-state index is 0.207. The molecule has 1 aromatic rings. The Kier molecular flexibility index (Phi) is 3.05. The van der Waals surface area contributed by atoms with Crippen LogP contribution in [-0.4, -0.2) is 35.6 Å². The van der Waals surface area contributed by atoms with Gasteiger partial charge in [0.2, 0.25) is 0 Å². The fourth-order valence-electron chi connectivity index (χ4n) is 1.54. The molecule has 1 atom stereocenters. The number of aromatic nitrogens is 2. The van der Waals surface area contributed by atoms with Gasteiger partial charge < -0.3 is 10.1 Å². The summed E-state index contributed by atoms with van der Waals surface area (Å²) in [7, 11) is 0. The van der Waals surface area contributed by atoms with Gasteiger partial charge in [-0.15, -0.1) is 0 Å². The Morgan fingerprint density at radius 1 is 1.79 bits per heavy atom. The van der Waals surface area contributed by atoms with Crippen LogP contribution >= 0.6 is 11.6 Å². The average Bonchev–Trinajstić information content (AvgIpc) is 2.52. The second-order valence-corrected chi connectivity index (χ2v) is 3.86. The number of rotatable bonds is 2. The van der Waals surface area contributed by atoms with Gasteiger partial charge in [-0.05, 0) is 6.92 Å². The molecule has 1 aromatic heterocycles. The SMILES string of the molecule is Cc1c(Cl)cnn1CC1CNCCO1. The molecule has 0 aliphatic carbocycles. The van der Waals surface area contributed by atoms with Crippen LogP contribution in [0.25, 0.3) is 0 Å². The molecular formula is C9H14ClN3O. The van der Waals surface area contributed by atoms with E-state index in [4.69, 9.17) is 16.3 Å². The van der Waals surface area contributed by atoms with E-state index in [0.29, 0.717) is 5.02 Å². The van der Waals surface area contributed by atoms with Crippen LogP contribution in [0.4, 0.5) is 0 Å². The highest BCUT2D eigenvalue weighted by Crippen LogP contribution is 2.14. The Balaban J connectivity index is 1.99.